The van der Waals surface area contributed by atoms with Crippen molar-refractivity contribution >= 4 is 0 Å². The lowest BCUT2D eigenvalue weighted by Crippen LogP contribution is -2.33. The van der Waals surface area contributed by atoms with Crippen molar-refractivity contribution in [3.05, 3.63) is 29.3 Å². The molecule has 1 aromatic rings. The Kier molecular flexibility index (Phi) is 4.80. The first-order chi connectivity index (χ1) is 9.21. The SMILES string of the molecule is COCC(O)(CCCN)c1cccc2c1OCCC2. The van der Waals surface area contributed by atoms with Crippen LogP contribution in [0, 0.1) is 0 Å². The van der Waals surface area contributed by atoms with Crippen LogP contribution in [0.4, 0.5) is 0 Å². The highest BCUT2D eigenvalue weighted by Gasteiger charge is 2.33. The fourth-order valence-corrected chi connectivity index (χ4v) is 2.67. The van der Waals surface area contributed by atoms with Crippen LogP contribution in [0.5, 0.6) is 5.75 Å². The van der Waals surface area contributed by atoms with Gasteiger partial charge in [-0.3, -0.25) is 0 Å². The second-order valence-electron chi connectivity index (χ2n) is 5.10. The molecule has 1 aromatic carbocycles. The maximum atomic E-state index is 10.9. The van der Waals surface area contributed by atoms with Crippen molar-refractivity contribution in [1.29, 1.82) is 0 Å². The van der Waals surface area contributed by atoms with Crippen LogP contribution in [-0.2, 0) is 16.8 Å². The molecule has 0 radical (unpaired) electrons. The first-order valence-electron chi connectivity index (χ1n) is 6.88. The van der Waals surface area contributed by atoms with Crippen LogP contribution < -0.4 is 10.5 Å². The van der Waals surface area contributed by atoms with E-state index in [1.54, 1.807) is 7.11 Å². The Labute approximate surface area is 114 Å². The fraction of sp³-hybridized carbons (Fsp3) is 0.600. The highest BCUT2D eigenvalue weighted by molar-refractivity contribution is 5.46. The van der Waals surface area contributed by atoms with E-state index in [1.165, 1.54) is 5.56 Å². The topological polar surface area (TPSA) is 64.7 Å². The van der Waals surface area contributed by atoms with Gasteiger partial charge >= 0.3 is 0 Å². The van der Waals surface area contributed by atoms with Crippen LogP contribution >= 0.6 is 0 Å². The molecule has 3 N–H and O–H groups in total. The van der Waals surface area contributed by atoms with Gasteiger partial charge in [0, 0.05) is 12.7 Å². The number of rotatable bonds is 6. The number of para-hydroxylation sites is 1. The van der Waals surface area contributed by atoms with Gasteiger partial charge in [0.1, 0.15) is 11.4 Å². The van der Waals surface area contributed by atoms with E-state index in [4.69, 9.17) is 15.2 Å². The van der Waals surface area contributed by atoms with Gasteiger partial charge < -0.3 is 20.3 Å². The highest BCUT2D eigenvalue weighted by Crippen LogP contribution is 2.38. The van der Waals surface area contributed by atoms with E-state index < -0.39 is 5.60 Å². The lowest BCUT2D eigenvalue weighted by molar-refractivity contribution is -0.0448. The third kappa shape index (κ3) is 3.08. The summed E-state index contributed by atoms with van der Waals surface area (Å²) in [6.45, 7) is 1.53. The minimum absolute atomic E-state index is 0.257. The number of benzene rings is 1. The van der Waals surface area contributed by atoms with Gasteiger partial charge in [0.2, 0.25) is 0 Å². The number of methoxy groups -OCH3 is 1. The van der Waals surface area contributed by atoms with Gasteiger partial charge in [-0.25, -0.2) is 0 Å². The van der Waals surface area contributed by atoms with Crippen molar-refractivity contribution in [3.63, 3.8) is 0 Å². The van der Waals surface area contributed by atoms with Crippen molar-refractivity contribution < 1.29 is 14.6 Å². The summed E-state index contributed by atoms with van der Waals surface area (Å²) >= 11 is 0. The Morgan fingerprint density at radius 3 is 3.05 bits per heavy atom. The molecule has 0 saturated heterocycles. The molecule has 0 bridgehead atoms. The van der Waals surface area contributed by atoms with E-state index in [2.05, 4.69) is 6.07 Å². The molecule has 1 aliphatic heterocycles. The van der Waals surface area contributed by atoms with E-state index in [-0.39, 0.29) is 6.61 Å². The summed E-state index contributed by atoms with van der Waals surface area (Å²) in [4.78, 5) is 0. The van der Waals surface area contributed by atoms with Gasteiger partial charge in [-0.2, -0.15) is 0 Å². The van der Waals surface area contributed by atoms with Crippen molar-refractivity contribution in [2.24, 2.45) is 5.73 Å². The van der Waals surface area contributed by atoms with Crippen LogP contribution in [0.15, 0.2) is 18.2 Å². The summed E-state index contributed by atoms with van der Waals surface area (Å²) < 4.78 is 11.0. The molecule has 0 saturated carbocycles. The lowest BCUT2D eigenvalue weighted by Gasteiger charge is -2.32. The van der Waals surface area contributed by atoms with Gasteiger partial charge in [-0.1, -0.05) is 18.2 Å². The van der Waals surface area contributed by atoms with Crippen LogP contribution in [0.1, 0.15) is 30.4 Å². The van der Waals surface area contributed by atoms with Crippen LogP contribution in [0.25, 0.3) is 0 Å². The Morgan fingerprint density at radius 1 is 1.47 bits per heavy atom. The molecule has 0 aromatic heterocycles. The largest absolute Gasteiger partial charge is 0.493 e. The predicted octanol–water partition coefficient (Wildman–Crippen LogP) is 1.58. The maximum Gasteiger partial charge on any atom is 0.128 e. The zero-order chi connectivity index (χ0) is 13.7. The number of ether oxygens (including phenoxy) is 2. The summed E-state index contributed by atoms with van der Waals surface area (Å²) in [5.41, 5.74) is 6.55. The molecule has 4 nitrogen and oxygen atoms in total. The predicted molar refractivity (Wildman–Crippen MR) is 74.3 cm³/mol. The van der Waals surface area contributed by atoms with E-state index in [9.17, 15) is 5.11 Å². The Hall–Kier alpha value is -1.10. The second-order valence-corrected chi connectivity index (χ2v) is 5.10. The Bertz CT molecular complexity index is 422. The summed E-state index contributed by atoms with van der Waals surface area (Å²) in [6.07, 6.45) is 3.37. The summed E-state index contributed by atoms with van der Waals surface area (Å²) in [6, 6.07) is 5.97. The van der Waals surface area contributed by atoms with Gasteiger partial charge in [0.05, 0.1) is 13.2 Å². The fourth-order valence-electron chi connectivity index (χ4n) is 2.67. The zero-order valence-electron chi connectivity index (χ0n) is 11.5. The number of hydrogen-bond acceptors (Lipinski definition) is 4. The van der Waals surface area contributed by atoms with Crippen molar-refractivity contribution in [2.45, 2.75) is 31.3 Å². The molecule has 106 valence electrons. The van der Waals surface area contributed by atoms with Crippen molar-refractivity contribution in [3.8, 4) is 5.75 Å². The quantitative estimate of drug-likeness (QED) is 0.819. The monoisotopic (exact) mass is 265 g/mol. The molecule has 0 spiro atoms. The minimum atomic E-state index is -1.02. The average molecular weight is 265 g/mol. The Morgan fingerprint density at radius 2 is 2.32 bits per heavy atom. The molecular weight excluding hydrogens is 242 g/mol. The molecule has 19 heavy (non-hydrogen) atoms. The second kappa shape index (κ2) is 6.37. The molecular formula is C15H23NO3. The van der Waals surface area contributed by atoms with Crippen LogP contribution in [-0.4, -0.2) is 32.0 Å². The van der Waals surface area contributed by atoms with Crippen molar-refractivity contribution in [1.82, 2.24) is 0 Å². The lowest BCUT2D eigenvalue weighted by atomic mass is 9.86. The van der Waals surface area contributed by atoms with Gasteiger partial charge in [-0.05, 0) is 37.8 Å². The molecule has 1 unspecified atom stereocenters. The highest BCUT2D eigenvalue weighted by atomic mass is 16.5. The average Bonchev–Trinajstić information content (AvgIpc) is 2.45. The molecule has 1 heterocycles. The van der Waals surface area contributed by atoms with Crippen molar-refractivity contribution in [2.75, 3.05) is 26.9 Å². The molecule has 2 rings (SSSR count). The smallest absolute Gasteiger partial charge is 0.128 e. The number of aliphatic hydroxyl groups is 1. The van der Waals surface area contributed by atoms with E-state index >= 15 is 0 Å². The maximum absolute atomic E-state index is 10.9. The third-order valence-corrected chi connectivity index (χ3v) is 3.61. The third-order valence-electron chi connectivity index (χ3n) is 3.61. The van der Waals surface area contributed by atoms with E-state index in [1.807, 2.05) is 12.1 Å². The van der Waals surface area contributed by atoms with E-state index in [0.717, 1.165) is 30.6 Å². The molecule has 1 atom stereocenters. The molecule has 0 fully saturated rings. The van der Waals surface area contributed by atoms with Gasteiger partial charge in [0.15, 0.2) is 0 Å². The molecule has 0 aliphatic carbocycles. The molecule has 1 aliphatic rings. The minimum Gasteiger partial charge on any atom is -0.493 e. The summed E-state index contributed by atoms with van der Waals surface area (Å²) in [7, 11) is 1.60. The van der Waals surface area contributed by atoms with Gasteiger partial charge in [-0.15, -0.1) is 0 Å². The molecule has 0 amide bonds. The Balaban J connectivity index is 2.35. The normalized spacial score (nSPS) is 17.4. The number of aryl methyl sites for hydroxylation is 1. The first kappa shape index (κ1) is 14.3. The summed E-state index contributed by atoms with van der Waals surface area (Å²) in [5.74, 6) is 0.838. The standard InChI is InChI=1S/C15H23NO3/c1-18-11-15(17,8-4-9-16)13-7-2-5-12-6-3-10-19-14(12)13/h2,5,7,17H,3-4,6,8-11,16H2,1H3. The zero-order valence-corrected chi connectivity index (χ0v) is 11.5. The van der Waals surface area contributed by atoms with E-state index in [0.29, 0.717) is 19.6 Å². The van der Waals surface area contributed by atoms with Crippen LogP contribution in [0.2, 0.25) is 0 Å². The first-order valence-corrected chi connectivity index (χ1v) is 6.88. The number of nitrogens with two attached hydrogens (primary N) is 1. The number of hydrogen-bond donors (Lipinski definition) is 2. The summed E-state index contributed by atoms with van der Waals surface area (Å²) in [5, 5.41) is 10.9. The van der Waals surface area contributed by atoms with Crippen LogP contribution in [0.3, 0.4) is 0 Å². The van der Waals surface area contributed by atoms with Gasteiger partial charge in [0.25, 0.3) is 0 Å². The number of fused-ring (bicyclic) bond motifs is 1. The molecule has 4 heteroatoms.